The minimum absolute atomic E-state index is 0.143. The maximum Gasteiger partial charge on any atom is 0.174 e. The number of aromatic nitrogens is 2. The topological polar surface area (TPSA) is 72.4 Å². The van der Waals surface area contributed by atoms with E-state index in [2.05, 4.69) is 16.3 Å². The van der Waals surface area contributed by atoms with Crippen LogP contribution in [0.4, 0.5) is 4.39 Å². The summed E-state index contributed by atoms with van der Waals surface area (Å²) < 4.78 is 22.3. The van der Waals surface area contributed by atoms with E-state index in [1.807, 2.05) is 19.1 Å². The molecule has 1 aliphatic carbocycles. The third kappa shape index (κ3) is 4.24. The lowest BCUT2D eigenvalue weighted by molar-refractivity contribution is -0.0356. The van der Waals surface area contributed by atoms with Gasteiger partial charge in [-0.15, -0.1) is 0 Å². The zero-order valence-corrected chi connectivity index (χ0v) is 20.0. The van der Waals surface area contributed by atoms with E-state index in [4.69, 9.17) is 38.0 Å². The molecular formula is C25H21Cl2FN4O2. The van der Waals surface area contributed by atoms with Crippen LogP contribution in [0.2, 0.25) is 10.2 Å². The summed E-state index contributed by atoms with van der Waals surface area (Å²) in [6.45, 7) is 2.02. The first-order valence-electron chi connectivity index (χ1n) is 11.0. The van der Waals surface area contributed by atoms with Crippen molar-refractivity contribution >= 4 is 28.9 Å². The molecule has 0 spiro atoms. The summed E-state index contributed by atoms with van der Waals surface area (Å²) in [7, 11) is 0. The second kappa shape index (κ2) is 8.94. The highest BCUT2D eigenvalue weighted by molar-refractivity contribution is 6.32. The molecule has 2 heterocycles. The smallest absolute Gasteiger partial charge is 0.174 e. The van der Waals surface area contributed by atoms with Gasteiger partial charge in [0.05, 0.1) is 28.1 Å². The molecule has 1 atom stereocenters. The normalized spacial score (nSPS) is 19.2. The molecule has 0 amide bonds. The lowest BCUT2D eigenvalue weighted by atomic mass is 9.96. The summed E-state index contributed by atoms with van der Waals surface area (Å²) in [6, 6.07) is 12.0. The monoisotopic (exact) mass is 498 g/mol. The van der Waals surface area contributed by atoms with Gasteiger partial charge < -0.3 is 9.57 Å². The number of aryl methyl sites for hydroxylation is 1. The van der Waals surface area contributed by atoms with Gasteiger partial charge in [-0.05, 0) is 56.4 Å². The molecule has 2 aromatic carbocycles. The van der Waals surface area contributed by atoms with Gasteiger partial charge >= 0.3 is 0 Å². The van der Waals surface area contributed by atoms with Gasteiger partial charge in [0, 0.05) is 18.1 Å². The second-order valence-electron chi connectivity index (χ2n) is 8.80. The molecule has 2 aliphatic rings. The molecule has 6 nitrogen and oxygen atoms in total. The van der Waals surface area contributed by atoms with Gasteiger partial charge in [-0.2, -0.15) is 10.4 Å². The van der Waals surface area contributed by atoms with Crippen LogP contribution in [0, 0.1) is 17.1 Å². The first kappa shape index (κ1) is 22.7. The number of fused-ring (bicyclic) bond motifs is 1. The number of rotatable bonds is 5. The molecule has 0 saturated heterocycles. The van der Waals surface area contributed by atoms with Gasteiger partial charge in [-0.1, -0.05) is 40.5 Å². The van der Waals surface area contributed by atoms with Crippen molar-refractivity contribution in [2.24, 2.45) is 5.16 Å². The summed E-state index contributed by atoms with van der Waals surface area (Å²) in [5, 5.41) is 18.3. The maximum absolute atomic E-state index is 14.8. The van der Waals surface area contributed by atoms with Crippen LogP contribution in [0.15, 0.2) is 41.6 Å². The van der Waals surface area contributed by atoms with Gasteiger partial charge in [0.1, 0.15) is 23.2 Å². The number of nitrogens with zero attached hydrogens (tertiary/aromatic N) is 4. The van der Waals surface area contributed by atoms with E-state index in [0.29, 0.717) is 22.9 Å². The Kier molecular flexibility index (Phi) is 5.97. The molecule has 1 unspecified atom stereocenters. The molecular weight excluding hydrogens is 478 g/mol. The Morgan fingerprint density at radius 2 is 1.97 bits per heavy atom. The molecule has 0 saturated carbocycles. The summed E-state index contributed by atoms with van der Waals surface area (Å²) in [6.07, 6.45) is 4.26. The molecule has 1 aromatic heterocycles. The fourth-order valence-corrected chi connectivity index (χ4v) is 4.79. The fourth-order valence-electron chi connectivity index (χ4n) is 4.25. The SMILES string of the molecule is CC1(COc2cc(-n3nc4c(c3Cl)CCCC4)c(F)cc2Cl)CC(c2ccc(C#N)cc2)=NO1. The lowest BCUT2D eigenvalue weighted by Crippen LogP contribution is -2.33. The van der Waals surface area contributed by atoms with E-state index in [-0.39, 0.29) is 17.3 Å². The van der Waals surface area contributed by atoms with Crippen LogP contribution in [-0.4, -0.2) is 27.7 Å². The van der Waals surface area contributed by atoms with Crippen LogP contribution in [-0.2, 0) is 17.7 Å². The molecule has 0 N–H and O–H groups in total. The molecule has 174 valence electrons. The first-order valence-corrected chi connectivity index (χ1v) is 11.8. The average molecular weight is 499 g/mol. The molecule has 1 aliphatic heterocycles. The summed E-state index contributed by atoms with van der Waals surface area (Å²) in [5.74, 6) is -0.229. The third-order valence-electron chi connectivity index (χ3n) is 6.12. The van der Waals surface area contributed by atoms with Crippen LogP contribution < -0.4 is 4.74 Å². The van der Waals surface area contributed by atoms with Crippen molar-refractivity contribution in [3.63, 3.8) is 0 Å². The van der Waals surface area contributed by atoms with Crippen molar-refractivity contribution in [2.45, 2.75) is 44.6 Å². The van der Waals surface area contributed by atoms with Gasteiger partial charge in [-0.25, -0.2) is 9.07 Å². The molecule has 3 aromatic rings. The van der Waals surface area contributed by atoms with Crippen molar-refractivity contribution in [1.82, 2.24) is 9.78 Å². The Balaban J connectivity index is 1.33. The van der Waals surface area contributed by atoms with Gasteiger partial charge in [0.2, 0.25) is 0 Å². The van der Waals surface area contributed by atoms with E-state index in [1.165, 1.54) is 16.8 Å². The van der Waals surface area contributed by atoms with E-state index >= 15 is 0 Å². The zero-order chi connectivity index (χ0) is 23.9. The first-order chi connectivity index (χ1) is 16.4. The Bertz CT molecular complexity index is 1330. The highest BCUT2D eigenvalue weighted by atomic mass is 35.5. The average Bonchev–Trinajstić information content (AvgIpc) is 3.39. The van der Waals surface area contributed by atoms with Crippen molar-refractivity contribution in [3.8, 4) is 17.5 Å². The van der Waals surface area contributed by atoms with Crippen molar-refractivity contribution in [1.29, 1.82) is 5.26 Å². The standard InChI is InChI=1S/C25H21Cl2FN4O2/c1-25(12-21(31-34-25)16-8-6-15(13-29)7-9-16)14-33-23-11-22(19(28)10-18(23)26)32-24(27)17-4-2-3-5-20(17)30-32/h6-11H,2-5,12,14H2,1H3. The summed E-state index contributed by atoms with van der Waals surface area (Å²) in [4.78, 5) is 5.68. The van der Waals surface area contributed by atoms with E-state index in [9.17, 15) is 4.39 Å². The predicted octanol–water partition coefficient (Wildman–Crippen LogP) is 6.03. The Morgan fingerprint density at radius 3 is 2.71 bits per heavy atom. The molecule has 0 radical (unpaired) electrons. The Hall–Kier alpha value is -3.08. The molecule has 34 heavy (non-hydrogen) atoms. The van der Waals surface area contributed by atoms with Crippen LogP contribution in [0.5, 0.6) is 5.75 Å². The quantitative estimate of drug-likeness (QED) is 0.430. The number of oxime groups is 1. The third-order valence-corrected chi connectivity index (χ3v) is 6.81. The predicted molar refractivity (Wildman–Crippen MR) is 127 cm³/mol. The van der Waals surface area contributed by atoms with Crippen LogP contribution in [0.25, 0.3) is 5.69 Å². The fraction of sp³-hybridized carbons (Fsp3) is 0.320. The lowest BCUT2D eigenvalue weighted by Gasteiger charge is -2.22. The number of benzene rings is 2. The highest BCUT2D eigenvalue weighted by Crippen LogP contribution is 2.35. The molecule has 9 heteroatoms. The maximum atomic E-state index is 14.8. The van der Waals surface area contributed by atoms with E-state index in [0.717, 1.165) is 48.2 Å². The Labute approximate surface area is 206 Å². The number of hydrogen-bond acceptors (Lipinski definition) is 5. The highest BCUT2D eigenvalue weighted by Gasteiger charge is 2.36. The second-order valence-corrected chi connectivity index (χ2v) is 9.57. The molecule has 0 bridgehead atoms. The number of nitriles is 1. The minimum Gasteiger partial charge on any atom is -0.488 e. The minimum atomic E-state index is -0.733. The zero-order valence-electron chi connectivity index (χ0n) is 18.4. The largest absolute Gasteiger partial charge is 0.488 e. The van der Waals surface area contributed by atoms with Crippen LogP contribution in [0.1, 0.15) is 48.6 Å². The van der Waals surface area contributed by atoms with Crippen LogP contribution in [0.3, 0.4) is 0 Å². The van der Waals surface area contributed by atoms with E-state index in [1.54, 1.807) is 12.1 Å². The Morgan fingerprint density at radius 1 is 1.21 bits per heavy atom. The molecule has 0 fully saturated rings. The van der Waals surface area contributed by atoms with Gasteiger partial charge in [-0.3, -0.25) is 0 Å². The van der Waals surface area contributed by atoms with Crippen molar-refractivity contribution in [2.75, 3.05) is 6.61 Å². The van der Waals surface area contributed by atoms with Crippen molar-refractivity contribution < 1.29 is 14.0 Å². The number of hydrogen-bond donors (Lipinski definition) is 0. The summed E-state index contributed by atoms with van der Waals surface area (Å²) >= 11 is 12.8. The molecule has 5 rings (SSSR count). The van der Waals surface area contributed by atoms with Crippen molar-refractivity contribution in [3.05, 3.63) is 74.8 Å². The van der Waals surface area contributed by atoms with Gasteiger partial charge in [0.25, 0.3) is 0 Å². The number of ether oxygens (including phenoxy) is 1. The van der Waals surface area contributed by atoms with E-state index < -0.39 is 11.4 Å². The van der Waals surface area contributed by atoms with Gasteiger partial charge in [0.15, 0.2) is 11.4 Å². The summed E-state index contributed by atoms with van der Waals surface area (Å²) in [5.41, 5.74) is 3.55. The van der Waals surface area contributed by atoms with Crippen LogP contribution >= 0.6 is 23.2 Å². The number of halogens is 3.